The van der Waals surface area contributed by atoms with Gasteiger partial charge >= 0.3 is 0 Å². The number of rotatable bonds is 8. The van der Waals surface area contributed by atoms with Crippen LogP contribution in [0, 0.1) is 5.92 Å². The van der Waals surface area contributed by atoms with Crippen LogP contribution in [-0.4, -0.2) is 32.5 Å². The van der Waals surface area contributed by atoms with Crippen LogP contribution >= 0.6 is 23.1 Å². The number of nitrogens with one attached hydrogen (secondary N) is 1. The molecule has 0 saturated heterocycles. The molecule has 0 bridgehead atoms. The van der Waals surface area contributed by atoms with Crippen molar-refractivity contribution in [2.24, 2.45) is 5.92 Å². The van der Waals surface area contributed by atoms with Gasteiger partial charge in [-0.2, -0.15) is 0 Å². The number of thioether (sulfide) groups is 1. The lowest BCUT2D eigenvalue weighted by molar-refractivity contribution is -0.119. The SMILES string of the molecule is CC(C)C(C)NC(=O)CSc1nnc(Cc2cccs2)n1C1CC1. The summed E-state index contributed by atoms with van der Waals surface area (Å²) in [5.41, 5.74) is 0. The number of amides is 1. The lowest BCUT2D eigenvalue weighted by atomic mass is 10.1. The van der Waals surface area contributed by atoms with Crippen molar-refractivity contribution >= 4 is 29.0 Å². The molecule has 1 atom stereocenters. The topological polar surface area (TPSA) is 59.8 Å². The van der Waals surface area contributed by atoms with E-state index >= 15 is 0 Å². The van der Waals surface area contributed by atoms with Gasteiger partial charge in [0.15, 0.2) is 5.16 Å². The lowest BCUT2D eigenvalue weighted by Crippen LogP contribution is -2.37. The Balaban J connectivity index is 1.63. The molecular formula is C17H24N4OS2. The quantitative estimate of drug-likeness (QED) is 0.728. The van der Waals surface area contributed by atoms with Gasteiger partial charge in [0.2, 0.25) is 5.91 Å². The second-order valence-corrected chi connectivity index (χ2v) is 8.62. The number of carbonyl (C=O) groups is 1. The molecule has 7 heteroatoms. The summed E-state index contributed by atoms with van der Waals surface area (Å²) in [7, 11) is 0. The fourth-order valence-electron chi connectivity index (χ4n) is 2.39. The first-order chi connectivity index (χ1) is 11.5. The Labute approximate surface area is 151 Å². The largest absolute Gasteiger partial charge is 0.353 e. The molecule has 1 aliphatic carbocycles. The highest BCUT2D eigenvalue weighted by Crippen LogP contribution is 2.39. The highest BCUT2D eigenvalue weighted by molar-refractivity contribution is 7.99. The first-order valence-corrected chi connectivity index (χ1v) is 10.3. The molecule has 2 aromatic rings. The van der Waals surface area contributed by atoms with Gasteiger partial charge in [-0.25, -0.2) is 0 Å². The second-order valence-electron chi connectivity index (χ2n) is 6.64. The number of nitrogens with zero attached hydrogens (tertiary/aromatic N) is 3. The predicted molar refractivity (Wildman–Crippen MR) is 98.6 cm³/mol. The molecule has 2 aromatic heterocycles. The number of hydrogen-bond acceptors (Lipinski definition) is 5. The van der Waals surface area contributed by atoms with Crippen LogP contribution in [0.3, 0.4) is 0 Å². The van der Waals surface area contributed by atoms with Crippen LogP contribution in [0.5, 0.6) is 0 Å². The standard InChI is InChI=1S/C17H24N4OS2/c1-11(2)12(3)18-16(22)10-24-17-20-19-15(21(17)13-6-7-13)9-14-5-4-8-23-14/h4-5,8,11-13H,6-7,9-10H2,1-3H3,(H,18,22). The van der Waals surface area contributed by atoms with Crippen molar-refractivity contribution in [3.8, 4) is 0 Å². The first kappa shape index (κ1) is 17.5. The van der Waals surface area contributed by atoms with Gasteiger partial charge in [0.25, 0.3) is 0 Å². The molecule has 1 N–H and O–H groups in total. The minimum atomic E-state index is 0.0614. The maximum atomic E-state index is 12.1. The summed E-state index contributed by atoms with van der Waals surface area (Å²) in [6, 6.07) is 4.89. The summed E-state index contributed by atoms with van der Waals surface area (Å²) in [5.74, 6) is 1.90. The maximum absolute atomic E-state index is 12.1. The van der Waals surface area contributed by atoms with E-state index in [0.29, 0.717) is 17.7 Å². The fraction of sp³-hybridized carbons (Fsp3) is 0.588. The summed E-state index contributed by atoms with van der Waals surface area (Å²) in [6.45, 7) is 6.26. The molecule has 5 nitrogen and oxygen atoms in total. The average molecular weight is 365 g/mol. The second kappa shape index (κ2) is 7.70. The minimum absolute atomic E-state index is 0.0614. The van der Waals surface area contributed by atoms with E-state index in [-0.39, 0.29) is 11.9 Å². The normalized spacial score (nSPS) is 15.7. The highest BCUT2D eigenvalue weighted by atomic mass is 32.2. The Morgan fingerprint density at radius 1 is 1.42 bits per heavy atom. The van der Waals surface area contributed by atoms with Crippen LogP contribution in [0.4, 0.5) is 0 Å². The van der Waals surface area contributed by atoms with Gasteiger partial charge in [0.05, 0.1) is 5.75 Å². The first-order valence-electron chi connectivity index (χ1n) is 8.43. The van der Waals surface area contributed by atoms with Gasteiger partial charge in [-0.3, -0.25) is 4.79 Å². The summed E-state index contributed by atoms with van der Waals surface area (Å²) in [6.07, 6.45) is 3.18. The average Bonchev–Trinajstić information content (AvgIpc) is 3.09. The number of aromatic nitrogens is 3. The molecule has 1 unspecified atom stereocenters. The zero-order chi connectivity index (χ0) is 17.1. The summed E-state index contributed by atoms with van der Waals surface area (Å²) >= 11 is 3.23. The van der Waals surface area contributed by atoms with Crippen molar-refractivity contribution in [1.29, 1.82) is 0 Å². The van der Waals surface area contributed by atoms with Crippen molar-refractivity contribution in [2.45, 2.75) is 57.3 Å². The molecule has 1 fully saturated rings. The third-order valence-corrected chi connectivity index (χ3v) is 6.10. The fourth-order valence-corrected chi connectivity index (χ4v) is 3.92. The molecule has 1 saturated carbocycles. The molecule has 2 heterocycles. The Kier molecular flexibility index (Phi) is 5.61. The van der Waals surface area contributed by atoms with Crippen molar-refractivity contribution in [3.63, 3.8) is 0 Å². The third kappa shape index (κ3) is 4.39. The van der Waals surface area contributed by atoms with Gasteiger partial charge in [-0.1, -0.05) is 31.7 Å². The van der Waals surface area contributed by atoms with Crippen LogP contribution in [0.2, 0.25) is 0 Å². The van der Waals surface area contributed by atoms with E-state index in [2.05, 4.69) is 51.4 Å². The van der Waals surface area contributed by atoms with Crippen molar-refractivity contribution in [2.75, 3.05) is 5.75 Å². The van der Waals surface area contributed by atoms with E-state index in [1.807, 2.05) is 6.92 Å². The number of thiophene rings is 1. The van der Waals surface area contributed by atoms with Crippen LogP contribution in [0.1, 0.15) is 50.4 Å². The maximum Gasteiger partial charge on any atom is 0.230 e. The minimum Gasteiger partial charge on any atom is -0.353 e. The van der Waals surface area contributed by atoms with Crippen LogP contribution < -0.4 is 5.32 Å². The van der Waals surface area contributed by atoms with Crippen molar-refractivity contribution in [3.05, 3.63) is 28.2 Å². The zero-order valence-corrected chi connectivity index (χ0v) is 16.0. The van der Waals surface area contributed by atoms with Crippen molar-refractivity contribution < 1.29 is 4.79 Å². The summed E-state index contributed by atoms with van der Waals surface area (Å²) in [4.78, 5) is 13.4. The molecule has 0 spiro atoms. The van der Waals surface area contributed by atoms with E-state index in [9.17, 15) is 4.79 Å². The van der Waals surface area contributed by atoms with Crippen LogP contribution in [0.25, 0.3) is 0 Å². The smallest absolute Gasteiger partial charge is 0.230 e. The molecule has 24 heavy (non-hydrogen) atoms. The van der Waals surface area contributed by atoms with Gasteiger partial charge in [0, 0.05) is 23.4 Å². The molecule has 3 rings (SSSR count). The van der Waals surface area contributed by atoms with Crippen LogP contribution in [0.15, 0.2) is 22.7 Å². The molecular weight excluding hydrogens is 340 g/mol. The van der Waals surface area contributed by atoms with E-state index in [1.54, 1.807) is 11.3 Å². The Bertz CT molecular complexity index is 677. The van der Waals surface area contributed by atoms with E-state index in [1.165, 1.54) is 29.5 Å². The summed E-state index contributed by atoms with van der Waals surface area (Å²) in [5, 5.41) is 14.7. The van der Waals surface area contributed by atoms with Crippen LogP contribution in [-0.2, 0) is 11.2 Å². The Morgan fingerprint density at radius 2 is 2.21 bits per heavy atom. The van der Waals surface area contributed by atoms with E-state index in [0.717, 1.165) is 17.4 Å². The molecule has 1 amide bonds. The molecule has 0 aliphatic heterocycles. The zero-order valence-electron chi connectivity index (χ0n) is 14.4. The Hall–Kier alpha value is -1.34. The number of carbonyl (C=O) groups excluding carboxylic acids is 1. The van der Waals surface area contributed by atoms with Gasteiger partial charge in [-0.05, 0) is 37.1 Å². The third-order valence-electron chi connectivity index (χ3n) is 4.28. The Morgan fingerprint density at radius 3 is 2.83 bits per heavy atom. The van der Waals surface area contributed by atoms with Gasteiger partial charge < -0.3 is 9.88 Å². The number of hydrogen-bond donors (Lipinski definition) is 1. The van der Waals surface area contributed by atoms with Gasteiger partial charge in [0.1, 0.15) is 5.82 Å². The highest BCUT2D eigenvalue weighted by Gasteiger charge is 2.30. The molecule has 1 aliphatic rings. The summed E-state index contributed by atoms with van der Waals surface area (Å²) < 4.78 is 2.24. The van der Waals surface area contributed by atoms with E-state index < -0.39 is 0 Å². The monoisotopic (exact) mass is 364 g/mol. The molecule has 0 aromatic carbocycles. The molecule has 130 valence electrons. The molecule has 0 radical (unpaired) electrons. The van der Waals surface area contributed by atoms with Gasteiger partial charge in [-0.15, -0.1) is 21.5 Å². The predicted octanol–water partition coefficient (Wildman–Crippen LogP) is 3.52. The van der Waals surface area contributed by atoms with E-state index in [4.69, 9.17) is 0 Å². The lowest BCUT2D eigenvalue weighted by Gasteiger charge is -2.17. The van der Waals surface area contributed by atoms with Crippen molar-refractivity contribution in [1.82, 2.24) is 20.1 Å².